The summed E-state index contributed by atoms with van der Waals surface area (Å²) in [5.41, 5.74) is 2.03. The second-order valence-electron chi connectivity index (χ2n) is 6.59. The third-order valence-electron chi connectivity index (χ3n) is 5.30. The van der Waals surface area contributed by atoms with Crippen LogP contribution in [0.15, 0.2) is 5.38 Å². The summed E-state index contributed by atoms with van der Waals surface area (Å²) in [6.45, 7) is 1.06. The van der Waals surface area contributed by atoms with Crippen LogP contribution in [0.2, 0.25) is 0 Å². The minimum atomic E-state index is -3.15. The summed E-state index contributed by atoms with van der Waals surface area (Å²) >= 11 is 1.68. The van der Waals surface area contributed by atoms with Gasteiger partial charge in [-0.15, -0.1) is 11.3 Å². The number of hydrogen-bond acceptors (Lipinski definition) is 5. The molecule has 4 rings (SSSR count). The van der Waals surface area contributed by atoms with E-state index in [1.165, 1.54) is 16.9 Å². The number of carbonyl (C=O) groups is 1. The summed E-state index contributed by atoms with van der Waals surface area (Å²) in [7, 11) is -3.15. The van der Waals surface area contributed by atoms with Crippen LogP contribution < -0.4 is 0 Å². The lowest BCUT2D eigenvalue weighted by molar-refractivity contribution is 0.0293. The molecule has 0 radical (unpaired) electrons. The molecule has 0 bridgehead atoms. The average Bonchev–Trinajstić information content (AvgIpc) is 2.99. The Morgan fingerprint density at radius 2 is 2.13 bits per heavy atom. The molecule has 2 saturated heterocycles. The Hall–Kier alpha value is -0.920. The van der Waals surface area contributed by atoms with Gasteiger partial charge in [-0.25, -0.2) is 8.42 Å². The number of amides is 1. The van der Waals surface area contributed by atoms with Crippen LogP contribution in [0.4, 0.5) is 0 Å². The number of hydrogen-bond donors (Lipinski definition) is 0. The first-order chi connectivity index (χ1) is 11.1. The highest BCUT2D eigenvalue weighted by Gasteiger charge is 2.45. The maximum atomic E-state index is 13.1. The van der Waals surface area contributed by atoms with Gasteiger partial charge in [0.15, 0.2) is 9.84 Å². The molecule has 126 valence electrons. The molecule has 1 amide bonds. The van der Waals surface area contributed by atoms with Gasteiger partial charge in [-0.1, -0.05) is 0 Å². The average molecular weight is 355 g/mol. The molecule has 0 unspecified atom stereocenters. The zero-order valence-corrected chi connectivity index (χ0v) is 14.6. The van der Waals surface area contributed by atoms with Crippen molar-refractivity contribution in [3.63, 3.8) is 0 Å². The smallest absolute Gasteiger partial charge is 0.255 e. The molecule has 0 aromatic carbocycles. The third kappa shape index (κ3) is 2.62. The molecule has 0 spiro atoms. The predicted octanol–water partition coefficient (Wildman–Crippen LogP) is 1.66. The van der Waals surface area contributed by atoms with Crippen LogP contribution in [0.25, 0.3) is 0 Å². The van der Waals surface area contributed by atoms with E-state index in [-0.39, 0.29) is 24.3 Å². The van der Waals surface area contributed by atoms with Crippen molar-refractivity contribution < 1.29 is 17.9 Å². The summed E-state index contributed by atoms with van der Waals surface area (Å²) in [5.74, 6) is 0.0754. The summed E-state index contributed by atoms with van der Waals surface area (Å²) in [6.07, 6.45) is 5.00. The monoisotopic (exact) mass is 355 g/mol. The predicted molar refractivity (Wildman–Crippen MR) is 88.8 cm³/mol. The van der Waals surface area contributed by atoms with E-state index in [4.69, 9.17) is 4.74 Å². The molecule has 23 heavy (non-hydrogen) atoms. The Bertz CT molecular complexity index is 724. The Labute approximate surface area is 140 Å². The van der Waals surface area contributed by atoms with Crippen LogP contribution in [0, 0.1) is 0 Å². The number of aryl methyl sites for hydroxylation is 1. The topological polar surface area (TPSA) is 63.7 Å². The summed E-state index contributed by atoms with van der Waals surface area (Å²) in [6, 6.07) is -0.228. The van der Waals surface area contributed by atoms with E-state index in [0.29, 0.717) is 19.6 Å². The van der Waals surface area contributed by atoms with Crippen molar-refractivity contribution in [3.05, 3.63) is 21.4 Å². The van der Waals surface area contributed by atoms with Gasteiger partial charge in [-0.05, 0) is 37.7 Å². The largest absolute Gasteiger partial charge is 0.380 e. The van der Waals surface area contributed by atoms with Crippen LogP contribution in [0.3, 0.4) is 0 Å². The second-order valence-corrected chi connectivity index (χ2v) is 9.90. The molecule has 1 aliphatic carbocycles. The number of carbonyl (C=O) groups excluding carboxylic acids is 1. The first-order valence-corrected chi connectivity index (χ1v) is 10.9. The number of ether oxygens (including phenoxy) is 1. The van der Waals surface area contributed by atoms with Crippen LogP contribution in [0.5, 0.6) is 0 Å². The van der Waals surface area contributed by atoms with Crippen molar-refractivity contribution in [2.24, 2.45) is 0 Å². The maximum absolute atomic E-state index is 13.1. The zero-order valence-electron chi connectivity index (χ0n) is 13.0. The van der Waals surface area contributed by atoms with E-state index in [1.807, 2.05) is 10.3 Å². The van der Waals surface area contributed by atoms with Gasteiger partial charge in [-0.2, -0.15) is 0 Å². The standard InChI is InChI=1S/C16H21NO4S2/c18-16(12-10-22-14-4-2-1-3-11(12)14)17-6-8-23(19,20)15-9-21-7-5-13(15)17/h10,13,15H,1-9H2/t13-,15-/m0/s1. The number of sulfone groups is 1. The molecule has 2 aliphatic heterocycles. The van der Waals surface area contributed by atoms with Crippen LogP contribution in [0.1, 0.15) is 40.1 Å². The lowest BCUT2D eigenvalue weighted by Gasteiger charge is -2.43. The molecular weight excluding hydrogens is 334 g/mol. The van der Waals surface area contributed by atoms with Gasteiger partial charge >= 0.3 is 0 Å². The highest BCUT2D eigenvalue weighted by molar-refractivity contribution is 7.92. The fourth-order valence-corrected chi connectivity index (χ4v) is 6.96. The van der Waals surface area contributed by atoms with Gasteiger partial charge in [0.1, 0.15) is 5.25 Å². The minimum absolute atomic E-state index is 0.0243. The molecule has 0 saturated carbocycles. The van der Waals surface area contributed by atoms with Gasteiger partial charge in [0.25, 0.3) is 5.91 Å². The van der Waals surface area contributed by atoms with Crippen molar-refractivity contribution >= 4 is 27.1 Å². The number of fused-ring (bicyclic) bond motifs is 2. The second kappa shape index (κ2) is 5.86. The van der Waals surface area contributed by atoms with Gasteiger partial charge < -0.3 is 9.64 Å². The van der Waals surface area contributed by atoms with Crippen LogP contribution >= 0.6 is 11.3 Å². The fraction of sp³-hybridized carbons (Fsp3) is 0.688. The molecule has 1 aromatic rings. The van der Waals surface area contributed by atoms with Crippen molar-refractivity contribution in [1.29, 1.82) is 0 Å². The minimum Gasteiger partial charge on any atom is -0.380 e. The van der Waals surface area contributed by atoms with E-state index < -0.39 is 15.1 Å². The van der Waals surface area contributed by atoms with Gasteiger partial charge in [0.2, 0.25) is 0 Å². The zero-order chi connectivity index (χ0) is 16.0. The fourth-order valence-electron chi connectivity index (χ4n) is 4.02. The van der Waals surface area contributed by atoms with Crippen molar-refractivity contribution in [2.45, 2.75) is 43.4 Å². The van der Waals surface area contributed by atoms with E-state index in [0.717, 1.165) is 24.8 Å². The van der Waals surface area contributed by atoms with E-state index in [9.17, 15) is 13.2 Å². The highest BCUT2D eigenvalue weighted by Crippen LogP contribution is 2.33. The van der Waals surface area contributed by atoms with E-state index in [1.54, 1.807) is 11.3 Å². The number of thiophene rings is 1. The summed E-state index contributed by atoms with van der Waals surface area (Å²) in [5, 5.41) is 1.43. The molecule has 2 fully saturated rings. The van der Waals surface area contributed by atoms with Crippen molar-refractivity contribution in [1.82, 2.24) is 4.90 Å². The molecule has 3 heterocycles. The normalized spacial score (nSPS) is 29.7. The Kier molecular flexibility index (Phi) is 3.98. The molecule has 3 aliphatic rings. The number of nitrogens with zero attached hydrogens (tertiary/aromatic N) is 1. The molecule has 5 nitrogen and oxygen atoms in total. The molecule has 2 atom stereocenters. The lowest BCUT2D eigenvalue weighted by atomic mass is 9.95. The maximum Gasteiger partial charge on any atom is 0.255 e. The van der Waals surface area contributed by atoms with Crippen molar-refractivity contribution in [2.75, 3.05) is 25.5 Å². The third-order valence-corrected chi connectivity index (χ3v) is 8.51. The Morgan fingerprint density at radius 1 is 1.30 bits per heavy atom. The molecule has 7 heteroatoms. The molecule has 1 aromatic heterocycles. The van der Waals surface area contributed by atoms with Gasteiger partial charge in [0, 0.05) is 23.4 Å². The number of rotatable bonds is 1. The SMILES string of the molecule is O=C(c1csc2c1CCCC2)N1CCS(=O)(=O)[C@H]2COCC[C@@H]21. The Balaban J connectivity index is 1.64. The lowest BCUT2D eigenvalue weighted by Crippen LogP contribution is -2.60. The van der Waals surface area contributed by atoms with Crippen LogP contribution in [-0.4, -0.2) is 56.0 Å². The first kappa shape index (κ1) is 15.6. The van der Waals surface area contributed by atoms with Crippen LogP contribution in [-0.2, 0) is 27.4 Å². The quantitative estimate of drug-likeness (QED) is 0.768. The van der Waals surface area contributed by atoms with Gasteiger partial charge in [-0.3, -0.25) is 4.79 Å². The summed E-state index contributed by atoms with van der Waals surface area (Å²) < 4.78 is 29.9. The van der Waals surface area contributed by atoms with E-state index >= 15 is 0 Å². The summed E-state index contributed by atoms with van der Waals surface area (Å²) in [4.78, 5) is 16.2. The molecule has 0 N–H and O–H groups in total. The Morgan fingerprint density at radius 3 is 3.00 bits per heavy atom. The molecular formula is C16H21NO4S2. The van der Waals surface area contributed by atoms with E-state index in [2.05, 4.69) is 0 Å². The first-order valence-electron chi connectivity index (χ1n) is 8.27. The highest BCUT2D eigenvalue weighted by atomic mass is 32.2. The van der Waals surface area contributed by atoms with Crippen molar-refractivity contribution in [3.8, 4) is 0 Å². The van der Waals surface area contributed by atoms with Gasteiger partial charge in [0.05, 0.1) is 24.0 Å².